The quantitative estimate of drug-likeness (QED) is 0.793. The number of rotatable bonds is 4. The Hall–Kier alpha value is -1.41. The van der Waals surface area contributed by atoms with Crippen molar-refractivity contribution >= 4 is 37.9 Å². The second kappa shape index (κ2) is 5.42. The highest BCUT2D eigenvalue weighted by Gasteiger charge is 2.15. The van der Waals surface area contributed by atoms with E-state index < -0.39 is 10.0 Å². The molecule has 0 unspecified atom stereocenters. The average molecular weight is 342 g/mol. The molecule has 0 amide bonds. The number of nitrogens with one attached hydrogen (secondary N) is 1. The Bertz CT molecular complexity index is 871. The molecule has 3 aromatic rings. The molecule has 0 saturated heterocycles. The topological polar surface area (TPSA) is 63.5 Å². The molecule has 0 fully saturated rings. The van der Waals surface area contributed by atoms with Crippen molar-refractivity contribution in [3.8, 4) is 0 Å². The number of hydrogen-bond donors (Lipinski definition) is 1. The predicted molar refractivity (Wildman–Crippen MR) is 83.3 cm³/mol. The summed E-state index contributed by atoms with van der Waals surface area (Å²) in [5, 5.41) is 2.35. The van der Waals surface area contributed by atoms with Crippen LogP contribution in [-0.2, 0) is 16.6 Å². The van der Waals surface area contributed by atoms with Gasteiger partial charge in [-0.05, 0) is 24.6 Å². The minimum atomic E-state index is -3.60. The van der Waals surface area contributed by atoms with Gasteiger partial charge in [0.1, 0.15) is 0 Å². The Kier molecular flexibility index (Phi) is 3.75. The number of benzene rings is 1. The molecule has 0 atom stereocenters. The lowest BCUT2D eigenvalue weighted by Gasteiger charge is -2.06. The van der Waals surface area contributed by atoms with Gasteiger partial charge in [-0.3, -0.25) is 4.40 Å². The molecule has 1 aromatic carbocycles. The molecule has 21 heavy (non-hydrogen) atoms. The number of thiazole rings is 1. The van der Waals surface area contributed by atoms with Crippen LogP contribution < -0.4 is 4.72 Å². The highest BCUT2D eigenvalue weighted by molar-refractivity contribution is 7.89. The molecule has 0 bridgehead atoms. The van der Waals surface area contributed by atoms with Crippen molar-refractivity contribution in [2.45, 2.75) is 18.4 Å². The van der Waals surface area contributed by atoms with Gasteiger partial charge in [0.25, 0.3) is 0 Å². The summed E-state index contributed by atoms with van der Waals surface area (Å²) in [6.07, 6.45) is 3.68. The monoisotopic (exact) mass is 341 g/mol. The maximum absolute atomic E-state index is 12.2. The Morgan fingerprint density at radius 2 is 2.24 bits per heavy atom. The Morgan fingerprint density at radius 1 is 1.43 bits per heavy atom. The molecule has 110 valence electrons. The van der Waals surface area contributed by atoms with E-state index in [-0.39, 0.29) is 11.4 Å². The minimum Gasteiger partial charge on any atom is -0.297 e. The molecule has 0 aliphatic heterocycles. The zero-order valence-electron chi connectivity index (χ0n) is 11.1. The first-order chi connectivity index (χ1) is 9.95. The third-order valence-electron chi connectivity index (χ3n) is 3.04. The predicted octanol–water partition coefficient (Wildman–Crippen LogP) is 2.84. The molecule has 5 nitrogen and oxygen atoms in total. The van der Waals surface area contributed by atoms with Gasteiger partial charge in [0.05, 0.1) is 17.1 Å². The fraction of sp³-hybridized carbons (Fsp3) is 0.154. The van der Waals surface area contributed by atoms with Crippen LogP contribution in [0.15, 0.2) is 40.9 Å². The van der Waals surface area contributed by atoms with Crippen LogP contribution in [0.1, 0.15) is 11.3 Å². The number of imidazole rings is 1. The summed E-state index contributed by atoms with van der Waals surface area (Å²) in [5.41, 5.74) is 1.51. The van der Waals surface area contributed by atoms with Gasteiger partial charge in [-0.2, -0.15) is 0 Å². The van der Waals surface area contributed by atoms with Gasteiger partial charge in [0.15, 0.2) is 4.96 Å². The fourth-order valence-corrected chi connectivity index (χ4v) is 3.84. The van der Waals surface area contributed by atoms with Crippen LogP contribution in [0.5, 0.6) is 0 Å². The largest absolute Gasteiger partial charge is 0.297 e. The van der Waals surface area contributed by atoms with Crippen LogP contribution in [0.4, 0.5) is 0 Å². The van der Waals surface area contributed by atoms with E-state index in [9.17, 15) is 8.42 Å². The van der Waals surface area contributed by atoms with Crippen LogP contribution in [0, 0.1) is 6.92 Å². The highest BCUT2D eigenvalue weighted by Crippen LogP contribution is 2.20. The van der Waals surface area contributed by atoms with Gasteiger partial charge in [0, 0.05) is 22.8 Å². The smallest absolute Gasteiger partial charge is 0.240 e. The summed E-state index contributed by atoms with van der Waals surface area (Å²) in [6.45, 7) is 1.96. The van der Waals surface area contributed by atoms with E-state index in [0.717, 1.165) is 10.5 Å². The van der Waals surface area contributed by atoms with Crippen LogP contribution >= 0.6 is 22.9 Å². The SMILES string of the molecule is Cc1ccc(S(=O)(=O)NCc2cn3ccsc3n2)cc1Cl. The second-order valence-electron chi connectivity index (χ2n) is 4.56. The van der Waals surface area contributed by atoms with Crippen molar-refractivity contribution in [3.63, 3.8) is 0 Å². The zero-order chi connectivity index (χ0) is 15.0. The standard InChI is InChI=1S/C13H12ClN3O2S2/c1-9-2-3-11(6-12(9)14)21(18,19)15-7-10-8-17-4-5-20-13(17)16-10/h2-6,8,15H,7H2,1H3. The maximum atomic E-state index is 12.2. The summed E-state index contributed by atoms with van der Waals surface area (Å²) in [7, 11) is -3.60. The lowest BCUT2D eigenvalue weighted by Crippen LogP contribution is -2.23. The second-order valence-corrected chi connectivity index (χ2v) is 7.61. The van der Waals surface area contributed by atoms with Gasteiger partial charge in [-0.25, -0.2) is 18.1 Å². The highest BCUT2D eigenvalue weighted by atomic mass is 35.5. The zero-order valence-corrected chi connectivity index (χ0v) is 13.5. The summed E-state index contributed by atoms with van der Waals surface area (Å²) in [6, 6.07) is 4.67. The van der Waals surface area contributed by atoms with Crippen molar-refractivity contribution in [2.75, 3.05) is 0 Å². The number of aromatic nitrogens is 2. The first-order valence-electron chi connectivity index (χ1n) is 6.12. The molecule has 0 aliphatic carbocycles. The number of fused-ring (bicyclic) bond motifs is 1. The summed E-state index contributed by atoms with van der Waals surface area (Å²) < 4.78 is 28.8. The van der Waals surface area contributed by atoms with Crippen LogP contribution in [0.2, 0.25) is 5.02 Å². The maximum Gasteiger partial charge on any atom is 0.240 e. The Labute approximate surface area is 131 Å². The average Bonchev–Trinajstić information content (AvgIpc) is 3.00. The van der Waals surface area contributed by atoms with E-state index in [0.29, 0.717) is 10.7 Å². The number of hydrogen-bond acceptors (Lipinski definition) is 4. The van der Waals surface area contributed by atoms with Gasteiger partial charge < -0.3 is 0 Å². The molecule has 2 aromatic heterocycles. The van der Waals surface area contributed by atoms with Crippen molar-refractivity contribution in [1.29, 1.82) is 0 Å². The normalized spacial score (nSPS) is 12.1. The number of nitrogens with zero attached hydrogens (tertiary/aromatic N) is 2. The van der Waals surface area contributed by atoms with Crippen molar-refractivity contribution in [2.24, 2.45) is 0 Å². The number of sulfonamides is 1. The minimum absolute atomic E-state index is 0.141. The Balaban J connectivity index is 1.79. The van der Waals surface area contributed by atoms with Gasteiger partial charge in [0.2, 0.25) is 10.0 Å². The van der Waals surface area contributed by atoms with Gasteiger partial charge in [-0.1, -0.05) is 17.7 Å². The van der Waals surface area contributed by atoms with E-state index in [1.165, 1.54) is 23.5 Å². The molecule has 0 aliphatic rings. The molecule has 0 saturated carbocycles. The lowest BCUT2D eigenvalue weighted by atomic mass is 10.2. The van der Waals surface area contributed by atoms with Gasteiger partial charge >= 0.3 is 0 Å². The molecule has 8 heteroatoms. The van der Waals surface area contributed by atoms with Crippen LogP contribution in [0.25, 0.3) is 4.96 Å². The fourth-order valence-electron chi connectivity index (χ4n) is 1.85. The lowest BCUT2D eigenvalue weighted by molar-refractivity contribution is 0.580. The van der Waals surface area contributed by atoms with E-state index in [4.69, 9.17) is 11.6 Å². The Morgan fingerprint density at radius 3 is 2.95 bits per heavy atom. The first-order valence-corrected chi connectivity index (χ1v) is 8.87. The van der Waals surface area contributed by atoms with Gasteiger partial charge in [-0.15, -0.1) is 11.3 Å². The molecule has 0 spiro atoms. The first kappa shape index (κ1) is 14.5. The third-order valence-corrected chi connectivity index (χ3v) is 5.62. The summed E-state index contributed by atoms with van der Waals surface area (Å²) in [4.78, 5) is 5.32. The van der Waals surface area contributed by atoms with Crippen LogP contribution in [0.3, 0.4) is 0 Å². The molecule has 2 heterocycles. The molecular weight excluding hydrogens is 330 g/mol. The van der Waals surface area contributed by atoms with E-state index in [2.05, 4.69) is 9.71 Å². The number of aryl methyl sites for hydroxylation is 1. The van der Waals surface area contributed by atoms with E-state index in [1.54, 1.807) is 12.3 Å². The molecular formula is C13H12ClN3O2S2. The van der Waals surface area contributed by atoms with Crippen molar-refractivity contribution < 1.29 is 8.42 Å². The van der Waals surface area contributed by atoms with E-state index in [1.807, 2.05) is 22.9 Å². The van der Waals surface area contributed by atoms with Crippen LogP contribution in [-0.4, -0.2) is 17.8 Å². The molecule has 1 N–H and O–H groups in total. The number of halogens is 1. The molecule has 0 radical (unpaired) electrons. The summed E-state index contributed by atoms with van der Waals surface area (Å²) in [5.74, 6) is 0. The van der Waals surface area contributed by atoms with E-state index >= 15 is 0 Å². The van der Waals surface area contributed by atoms with Crippen molar-refractivity contribution in [1.82, 2.24) is 14.1 Å². The molecule has 3 rings (SSSR count). The summed E-state index contributed by atoms with van der Waals surface area (Å²) >= 11 is 7.47. The third kappa shape index (κ3) is 2.96. The van der Waals surface area contributed by atoms with Crippen molar-refractivity contribution in [3.05, 3.63) is 52.3 Å².